The third kappa shape index (κ3) is 2.87. The highest BCUT2D eigenvalue weighted by molar-refractivity contribution is 5.90. The van der Waals surface area contributed by atoms with E-state index in [2.05, 4.69) is 15.6 Å². The number of aliphatic hydroxyl groups excluding tert-OH is 1. The lowest BCUT2D eigenvalue weighted by Gasteiger charge is -2.17. The van der Waals surface area contributed by atoms with Gasteiger partial charge in [0.05, 0.1) is 11.9 Å². The molecule has 0 fully saturated rings. The monoisotopic (exact) mass is 346 g/mol. The predicted molar refractivity (Wildman–Crippen MR) is 103 cm³/mol. The molecule has 4 rings (SSSR count). The van der Waals surface area contributed by atoms with Crippen molar-refractivity contribution < 1.29 is 9.90 Å². The predicted octanol–water partition coefficient (Wildman–Crippen LogP) is 3.55. The Bertz CT molecular complexity index is 975. The number of aliphatic hydroxyl groups is 1. The van der Waals surface area contributed by atoms with Crippen LogP contribution in [-0.4, -0.2) is 21.9 Å². The van der Waals surface area contributed by atoms with Crippen LogP contribution in [-0.2, 0) is 4.79 Å². The van der Waals surface area contributed by atoms with Gasteiger partial charge in [-0.1, -0.05) is 30.3 Å². The SMILES string of the molecule is CC(=O)Nc1ccc(-c2cn(-c3ccccc3)c3c2C(O)N=CN3)cc1. The molecular weight excluding hydrogens is 328 g/mol. The maximum absolute atomic E-state index is 11.2. The van der Waals surface area contributed by atoms with Gasteiger partial charge in [0.2, 0.25) is 5.91 Å². The van der Waals surface area contributed by atoms with E-state index in [9.17, 15) is 9.90 Å². The highest BCUT2D eigenvalue weighted by Crippen LogP contribution is 2.39. The molecule has 0 saturated heterocycles. The van der Waals surface area contributed by atoms with Gasteiger partial charge in [-0.3, -0.25) is 4.79 Å². The summed E-state index contributed by atoms with van der Waals surface area (Å²) in [6.45, 7) is 1.48. The van der Waals surface area contributed by atoms with Crippen molar-refractivity contribution in [3.05, 3.63) is 66.4 Å². The van der Waals surface area contributed by atoms with Crippen LogP contribution >= 0.6 is 0 Å². The molecule has 2 aromatic carbocycles. The second-order valence-electron chi connectivity index (χ2n) is 6.07. The summed E-state index contributed by atoms with van der Waals surface area (Å²) in [5.74, 6) is 0.680. The number of para-hydroxylation sites is 1. The second kappa shape index (κ2) is 6.50. The van der Waals surface area contributed by atoms with Gasteiger partial charge in [0.1, 0.15) is 5.82 Å². The van der Waals surface area contributed by atoms with Crippen LogP contribution in [0.4, 0.5) is 11.5 Å². The van der Waals surface area contributed by atoms with Gasteiger partial charge in [0.15, 0.2) is 6.23 Å². The van der Waals surface area contributed by atoms with Crippen LogP contribution in [0.1, 0.15) is 18.7 Å². The Morgan fingerprint density at radius 2 is 1.88 bits per heavy atom. The molecule has 1 aromatic heterocycles. The van der Waals surface area contributed by atoms with Gasteiger partial charge in [0, 0.05) is 30.1 Å². The molecule has 6 heteroatoms. The zero-order valence-electron chi connectivity index (χ0n) is 14.2. The molecule has 6 nitrogen and oxygen atoms in total. The minimum absolute atomic E-state index is 0.112. The summed E-state index contributed by atoms with van der Waals surface area (Å²) in [6, 6.07) is 17.4. The standard InChI is InChI=1S/C20H18N4O2/c1-13(25)23-15-9-7-14(8-10-15)17-11-24(16-5-3-2-4-6-16)19-18(17)20(26)22-12-21-19/h2-12,20,26H,1H3,(H,21,22)(H,23,25). The van der Waals surface area contributed by atoms with Crippen LogP contribution in [0.2, 0.25) is 0 Å². The minimum Gasteiger partial charge on any atom is -0.368 e. The minimum atomic E-state index is -0.929. The summed E-state index contributed by atoms with van der Waals surface area (Å²) in [5, 5.41) is 16.3. The molecule has 0 spiro atoms. The Labute approximate surface area is 150 Å². The van der Waals surface area contributed by atoms with Crippen LogP contribution in [0.5, 0.6) is 0 Å². The molecule has 26 heavy (non-hydrogen) atoms. The third-order valence-electron chi connectivity index (χ3n) is 4.27. The Morgan fingerprint density at radius 3 is 2.58 bits per heavy atom. The fraction of sp³-hybridized carbons (Fsp3) is 0.100. The Hall–Kier alpha value is -3.38. The molecular formula is C20H18N4O2. The fourth-order valence-electron chi connectivity index (χ4n) is 3.13. The molecule has 1 atom stereocenters. The lowest BCUT2D eigenvalue weighted by molar-refractivity contribution is -0.114. The number of rotatable bonds is 3. The number of carbonyl (C=O) groups excluding carboxylic acids is 1. The van der Waals surface area contributed by atoms with Crippen molar-refractivity contribution in [1.29, 1.82) is 0 Å². The molecule has 0 radical (unpaired) electrons. The Kier molecular flexibility index (Phi) is 4.02. The van der Waals surface area contributed by atoms with Gasteiger partial charge in [0.25, 0.3) is 0 Å². The van der Waals surface area contributed by atoms with E-state index in [1.807, 2.05) is 65.4 Å². The second-order valence-corrected chi connectivity index (χ2v) is 6.07. The van der Waals surface area contributed by atoms with E-state index in [1.165, 1.54) is 13.3 Å². The number of amides is 1. The van der Waals surface area contributed by atoms with Gasteiger partial charge in [-0.2, -0.15) is 0 Å². The zero-order valence-corrected chi connectivity index (χ0v) is 14.2. The number of anilines is 2. The molecule has 1 aliphatic rings. The molecule has 1 unspecified atom stereocenters. The summed E-state index contributed by atoms with van der Waals surface area (Å²) in [6.07, 6.45) is 2.57. The Morgan fingerprint density at radius 1 is 1.15 bits per heavy atom. The zero-order chi connectivity index (χ0) is 18.1. The first-order chi connectivity index (χ1) is 12.6. The van der Waals surface area contributed by atoms with Crippen LogP contribution in [0, 0.1) is 0 Å². The van der Waals surface area contributed by atoms with Gasteiger partial charge in [-0.05, 0) is 29.8 Å². The van der Waals surface area contributed by atoms with Crippen LogP contribution in [0.15, 0.2) is 65.8 Å². The van der Waals surface area contributed by atoms with Crippen molar-refractivity contribution in [2.75, 3.05) is 10.6 Å². The normalized spacial score (nSPS) is 15.2. The first-order valence-electron chi connectivity index (χ1n) is 8.28. The summed E-state index contributed by atoms with van der Waals surface area (Å²) in [5.41, 5.74) is 4.26. The number of carbonyl (C=O) groups is 1. The number of nitrogens with one attached hydrogen (secondary N) is 2. The molecule has 1 amide bonds. The number of aromatic nitrogens is 1. The Balaban J connectivity index is 1.82. The molecule has 3 N–H and O–H groups in total. The number of benzene rings is 2. The summed E-state index contributed by atoms with van der Waals surface area (Å²) in [4.78, 5) is 15.3. The largest absolute Gasteiger partial charge is 0.368 e. The van der Waals surface area contributed by atoms with E-state index in [-0.39, 0.29) is 5.91 Å². The quantitative estimate of drug-likeness (QED) is 0.679. The van der Waals surface area contributed by atoms with Gasteiger partial charge >= 0.3 is 0 Å². The number of hydrogen-bond acceptors (Lipinski definition) is 4. The lowest BCUT2D eigenvalue weighted by atomic mass is 10.0. The molecule has 0 aliphatic carbocycles. The highest BCUT2D eigenvalue weighted by Gasteiger charge is 2.25. The van der Waals surface area contributed by atoms with Crippen molar-refractivity contribution in [1.82, 2.24) is 4.57 Å². The summed E-state index contributed by atoms with van der Waals surface area (Å²) >= 11 is 0. The van der Waals surface area contributed by atoms with Crippen molar-refractivity contribution in [2.24, 2.45) is 4.99 Å². The number of hydrogen-bond donors (Lipinski definition) is 3. The number of fused-ring (bicyclic) bond motifs is 1. The van der Waals surface area contributed by atoms with E-state index in [0.29, 0.717) is 0 Å². The van der Waals surface area contributed by atoms with E-state index in [1.54, 1.807) is 0 Å². The van der Waals surface area contributed by atoms with E-state index in [4.69, 9.17) is 0 Å². The first-order valence-corrected chi connectivity index (χ1v) is 8.28. The van der Waals surface area contributed by atoms with Gasteiger partial charge in [-0.25, -0.2) is 4.99 Å². The molecule has 2 heterocycles. The van der Waals surface area contributed by atoms with Crippen molar-refractivity contribution in [2.45, 2.75) is 13.2 Å². The molecule has 1 aliphatic heterocycles. The van der Waals surface area contributed by atoms with Crippen LogP contribution in [0.25, 0.3) is 16.8 Å². The van der Waals surface area contributed by atoms with Crippen LogP contribution < -0.4 is 10.6 Å². The van der Waals surface area contributed by atoms with Crippen molar-refractivity contribution in [3.8, 4) is 16.8 Å². The van der Waals surface area contributed by atoms with Crippen molar-refractivity contribution in [3.63, 3.8) is 0 Å². The maximum Gasteiger partial charge on any atom is 0.221 e. The van der Waals surface area contributed by atoms with Crippen LogP contribution in [0.3, 0.4) is 0 Å². The summed E-state index contributed by atoms with van der Waals surface area (Å²) in [7, 11) is 0. The van der Waals surface area contributed by atoms with E-state index in [0.717, 1.165) is 33.9 Å². The molecule has 130 valence electrons. The average molecular weight is 346 g/mol. The molecule has 0 bridgehead atoms. The average Bonchev–Trinajstić information content (AvgIpc) is 3.04. The summed E-state index contributed by atoms with van der Waals surface area (Å²) < 4.78 is 2.00. The highest BCUT2D eigenvalue weighted by atomic mass is 16.3. The van der Waals surface area contributed by atoms with Crippen molar-refractivity contribution >= 4 is 23.8 Å². The van der Waals surface area contributed by atoms with E-state index < -0.39 is 6.23 Å². The van der Waals surface area contributed by atoms with E-state index >= 15 is 0 Å². The van der Waals surface area contributed by atoms with Gasteiger partial charge < -0.3 is 20.3 Å². The molecule has 3 aromatic rings. The topological polar surface area (TPSA) is 78.7 Å². The lowest BCUT2D eigenvalue weighted by Crippen LogP contribution is -2.12. The first kappa shape index (κ1) is 16.1. The fourth-order valence-corrected chi connectivity index (χ4v) is 3.13. The molecule has 0 saturated carbocycles. The number of aliphatic imine (C=N–C) groups is 1. The number of nitrogens with zero attached hydrogens (tertiary/aromatic N) is 2. The smallest absolute Gasteiger partial charge is 0.221 e. The maximum atomic E-state index is 11.2. The third-order valence-corrected chi connectivity index (χ3v) is 4.27. The van der Waals surface area contributed by atoms with Gasteiger partial charge in [-0.15, -0.1) is 0 Å².